The molecular formula is C12H12N4O3S. The van der Waals surface area contributed by atoms with E-state index in [0.29, 0.717) is 40.5 Å². The smallest absolute Gasteiger partial charge is 0.286 e. The Labute approximate surface area is 118 Å². The fourth-order valence-electron chi connectivity index (χ4n) is 1.72. The number of anilines is 2. The number of benzene rings is 1. The number of aromatic nitrogens is 2. The first kappa shape index (κ1) is 12.7. The van der Waals surface area contributed by atoms with Gasteiger partial charge in [-0.2, -0.15) is 0 Å². The Morgan fingerprint density at radius 2 is 2.05 bits per heavy atom. The summed E-state index contributed by atoms with van der Waals surface area (Å²) in [6, 6.07) is 5.25. The molecule has 8 heteroatoms. The zero-order valence-corrected chi connectivity index (χ0v) is 11.5. The molecule has 0 aliphatic carbocycles. The lowest BCUT2D eigenvalue weighted by Gasteiger charge is -2.18. The van der Waals surface area contributed by atoms with Gasteiger partial charge in [0, 0.05) is 18.8 Å². The molecule has 1 aromatic heterocycles. The van der Waals surface area contributed by atoms with Crippen LogP contribution >= 0.6 is 11.3 Å². The average molecular weight is 292 g/mol. The minimum atomic E-state index is -0.305. The second-order valence-corrected chi connectivity index (χ2v) is 4.95. The van der Waals surface area contributed by atoms with Crippen molar-refractivity contribution in [2.24, 2.45) is 0 Å². The molecule has 1 amide bonds. The van der Waals surface area contributed by atoms with Gasteiger partial charge in [0.05, 0.1) is 0 Å². The van der Waals surface area contributed by atoms with Crippen LogP contribution in [0.3, 0.4) is 0 Å². The zero-order chi connectivity index (χ0) is 13.9. The van der Waals surface area contributed by atoms with Crippen LogP contribution in [0.5, 0.6) is 11.5 Å². The summed E-state index contributed by atoms with van der Waals surface area (Å²) in [7, 11) is 1.73. The van der Waals surface area contributed by atoms with Crippen molar-refractivity contribution in [3.63, 3.8) is 0 Å². The van der Waals surface area contributed by atoms with Crippen molar-refractivity contribution in [2.45, 2.75) is 0 Å². The van der Waals surface area contributed by atoms with Gasteiger partial charge in [-0.05, 0) is 12.1 Å². The molecule has 0 atom stereocenters. The standard InChI is InChI=1S/C12H12N4O3S/c1-13-12-16-15-11(20-12)10(17)14-7-2-3-8-9(6-7)19-5-4-18-8/h2-3,6H,4-5H2,1H3,(H,13,16)(H,14,17). The third-order valence-corrected chi connectivity index (χ3v) is 3.57. The van der Waals surface area contributed by atoms with E-state index in [1.54, 1.807) is 25.2 Å². The molecule has 104 valence electrons. The highest BCUT2D eigenvalue weighted by Crippen LogP contribution is 2.32. The molecule has 0 bridgehead atoms. The number of fused-ring (bicyclic) bond motifs is 1. The van der Waals surface area contributed by atoms with E-state index in [1.807, 2.05) is 0 Å². The maximum absolute atomic E-state index is 12.0. The van der Waals surface area contributed by atoms with Gasteiger partial charge in [-0.25, -0.2) is 0 Å². The van der Waals surface area contributed by atoms with Gasteiger partial charge < -0.3 is 20.1 Å². The fraction of sp³-hybridized carbons (Fsp3) is 0.250. The lowest BCUT2D eigenvalue weighted by Crippen LogP contribution is -2.16. The van der Waals surface area contributed by atoms with Crippen molar-refractivity contribution in [2.75, 3.05) is 30.9 Å². The van der Waals surface area contributed by atoms with Gasteiger partial charge in [-0.1, -0.05) is 11.3 Å². The number of hydrogen-bond donors (Lipinski definition) is 2. The Morgan fingerprint density at radius 1 is 1.25 bits per heavy atom. The Kier molecular flexibility index (Phi) is 3.38. The maximum atomic E-state index is 12.0. The number of carbonyl (C=O) groups is 1. The van der Waals surface area contributed by atoms with Crippen LogP contribution in [-0.2, 0) is 0 Å². The third kappa shape index (κ3) is 2.50. The zero-order valence-electron chi connectivity index (χ0n) is 10.7. The molecule has 0 unspecified atom stereocenters. The Morgan fingerprint density at radius 3 is 2.80 bits per heavy atom. The Bertz CT molecular complexity index is 643. The third-order valence-electron chi connectivity index (χ3n) is 2.63. The number of amides is 1. The Hall–Kier alpha value is -2.35. The first-order valence-corrected chi connectivity index (χ1v) is 6.80. The van der Waals surface area contributed by atoms with E-state index < -0.39 is 0 Å². The van der Waals surface area contributed by atoms with Crippen LogP contribution in [0.4, 0.5) is 10.8 Å². The van der Waals surface area contributed by atoms with Crippen LogP contribution in [0.25, 0.3) is 0 Å². The average Bonchev–Trinajstić information content (AvgIpc) is 2.96. The Balaban J connectivity index is 1.75. The highest BCUT2D eigenvalue weighted by molar-refractivity contribution is 7.17. The summed E-state index contributed by atoms with van der Waals surface area (Å²) in [6.07, 6.45) is 0. The quantitative estimate of drug-likeness (QED) is 0.894. The molecule has 1 aromatic carbocycles. The summed E-state index contributed by atoms with van der Waals surface area (Å²) in [4.78, 5) is 12.0. The van der Waals surface area contributed by atoms with Crippen LogP contribution in [-0.4, -0.2) is 36.4 Å². The van der Waals surface area contributed by atoms with E-state index in [-0.39, 0.29) is 5.91 Å². The molecule has 1 aliphatic heterocycles. The van der Waals surface area contributed by atoms with Gasteiger partial charge in [0.15, 0.2) is 11.5 Å². The maximum Gasteiger partial charge on any atom is 0.286 e. The molecule has 1 aliphatic rings. The highest BCUT2D eigenvalue weighted by atomic mass is 32.1. The SMILES string of the molecule is CNc1nnc(C(=O)Nc2ccc3c(c2)OCCO3)s1. The minimum absolute atomic E-state index is 0.296. The van der Waals surface area contributed by atoms with Crippen LogP contribution in [0.1, 0.15) is 9.80 Å². The topological polar surface area (TPSA) is 85.4 Å². The van der Waals surface area contributed by atoms with E-state index in [4.69, 9.17) is 9.47 Å². The lowest BCUT2D eigenvalue weighted by molar-refractivity contribution is 0.102. The lowest BCUT2D eigenvalue weighted by atomic mass is 10.2. The summed E-state index contributed by atoms with van der Waals surface area (Å²) in [5.41, 5.74) is 0.625. The molecular weight excluding hydrogens is 280 g/mol. The van der Waals surface area contributed by atoms with E-state index in [0.717, 1.165) is 0 Å². The van der Waals surface area contributed by atoms with Gasteiger partial charge in [0.1, 0.15) is 13.2 Å². The minimum Gasteiger partial charge on any atom is -0.486 e. The van der Waals surface area contributed by atoms with Crippen LogP contribution in [0.2, 0.25) is 0 Å². The molecule has 0 saturated heterocycles. The van der Waals surface area contributed by atoms with E-state index in [1.165, 1.54) is 11.3 Å². The van der Waals surface area contributed by atoms with E-state index >= 15 is 0 Å². The largest absolute Gasteiger partial charge is 0.486 e. The van der Waals surface area contributed by atoms with E-state index in [2.05, 4.69) is 20.8 Å². The van der Waals surface area contributed by atoms with Gasteiger partial charge in [0.25, 0.3) is 5.91 Å². The van der Waals surface area contributed by atoms with Crippen LogP contribution < -0.4 is 20.1 Å². The number of ether oxygens (including phenoxy) is 2. The second kappa shape index (κ2) is 5.33. The van der Waals surface area contributed by atoms with Gasteiger partial charge in [-0.3, -0.25) is 4.79 Å². The number of carbonyl (C=O) groups excluding carboxylic acids is 1. The van der Waals surface area contributed by atoms with Crippen molar-refractivity contribution in [1.29, 1.82) is 0 Å². The molecule has 7 nitrogen and oxygen atoms in total. The van der Waals surface area contributed by atoms with Crippen molar-refractivity contribution in [1.82, 2.24) is 10.2 Å². The normalized spacial score (nSPS) is 12.8. The molecule has 2 heterocycles. The predicted molar refractivity (Wildman–Crippen MR) is 74.8 cm³/mol. The van der Waals surface area contributed by atoms with Gasteiger partial charge in [-0.15, -0.1) is 10.2 Å². The van der Waals surface area contributed by atoms with Crippen molar-refractivity contribution >= 4 is 28.1 Å². The summed E-state index contributed by atoms with van der Waals surface area (Å²) in [6.45, 7) is 1.04. The molecule has 0 saturated carbocycles. The highest BCUT2D eigenvalue weighted by Gasteiger charge is 2.15. The molecule has 2 aromatic rings. The molecule has 2 N–H and O–H groups in total. The number of hydrogen-bond acceptors (Lipinski definition) is 7. The molecule has 0 fully saturated rings. The summed E-state index contributed by atoms with van der Waals surface area (Å²) in [5.74, 6) is 1.01. The van der Waals surface area contributed by atoms with Crippen molar-refractivity contribution in [3.8, 4) is 11.5 Å². The monoisotopic (exact) mass is 292 g/mol. The molecule has 3 rings (SSSR count). The summed E-state index contributed by atoms with van der Waals surface area (Å²) >= 11 is 1.19. The second-order valence-electron chi connectivity index (χ2n) is 3.97. The number of rotatable bonds is 3. The van der Waals surface area contributed by atoms with Crippen molar-refractivity contribution < 1.29 is 14.3 Å². The molecule has 20 heavy (non-hydrogen) atoms. The first-order chi connectivity index (χ1) is 9.76. The van der Waals surface area contributed by atoms with Gasteiger partial charge >= 0.3 is 0 Å². The van der Waals surface area contributed by atoms with Crippen LogP contribution in [0.15, 0.2) is 18.2 Å². The van der Waals surface area contributed by atoms with E-state index in [9.17, 15) is 4.79 Å². The fourth-order valence-corrected chi connectivity index (χ4v) is 2.31. The molecule has 0 spiro atoms. The predicted octanol–water partition coefficient (Wildman–Crippen LogP) is 1.60. The van der Waals surface area contributed by atoms with Crippen LogP contribution in [0, 0.1) is 0 Å². The summed E-state index contributed by atoms with van der Waals surface area (Å²) in [5, 5.41) is 14.1. The number of nitrogens with zero attached hydrogens (tertiary/aromatic N) is 2. The van der Waals surface area contributed by atoms with Gasteiger partial charge in [0.2, 0.25) is 10.1 Å². The first-order valence-electron chi connectivity index (χ1n) is 5.98. The summed E-state index contributed by atoms with van der Waals surface area (Å²) < 4.78 is 10.9. The number of nitrogens with one attached hydrogen (secondary N) is 2. The van der Waals surface area contributed by atoms with Crippen molar-refractivity contribution in [3.05, 3.63) is 23.2 Å². The molecule has 0 radical (unpaired) electrons.